The fourth-order valence-corrected chi connectivity index (χ4v) is 3.43. The summed E-state index contributed by atoms with van der Waals surface area (Å²) in [5, 5.41) is 1.28. The third-order valence-electron chi connectivity index (χ3n) is 4.85. The maximum Gasteiger partial charge on any atom is 0.344 e. The average molecular weight is 405 g/mol. The van der Waals surface area contributed by atoms with Gasteiger partial charge in [-0.05, 0) is 66.9 Å². The van der Waals surface area contributed by atoms with E-state index in [1.165, 1.54) is 0 Å². The molecule has 1 aromatic heterocycles. The van der Waals surface area contributed by atoms with Gasteiger partial charge in [-0.3, -0.25) is 0 Å². The number of carbonyl (C=O) groups excluding carboxylic acids is 1. The molecule has 4 nitrogen and oxygen atoms in total. The Labute approximate surface area is 172 Å². The fourth-order valence-electron chi connectivity index (χ4n) is 3.31. The first-order valence-electron chi connectivity index (χ1n) is 9.05. The number of hydrogen-bond donors (Lipinski definition) is 0. The van der Waals surface area contributed by atoms with E-state index in [-0.39, 0.29) is 0 Å². The largest absolute Gasteiger partial charge is 0.423 e. The zero-order valence-electron chi connectivity index (χ0n) is 15.9. The van der Waals surface area contributed by atoms with Crippen LogP contribution < -0.4 is 10.4 Å². The molecule has 3 aromatic carbocycles. The van der Waals surface area contributed by atoms with Gasteiger partial charge in [-0.1, -0.05) is 41.9 Å². The van der Waals surface area contributed by atoms with E-state index in [1.807, 2.05) is 26.0 Å². The number of esters is 1. The van der Waals surface area contributed by atoms with Crippen LogP contribution in [0.25, 0.3) is 22.1 Å². The van der Waals surface area contributed by atoms with Crippen LogP contribution >= 0.6 is 11.6 Å². The number of fused-ring (bicyclic) bond motifs is 1. The Hall–Kier alpha value is -3.37. The fraction of sp³-hybridized carbons (Fsp3) is 0.0833. The van der Waals surface area contributed by atoms with Gasteiger partial charge in [0.2, 0.25) is 0 Å². The van der Waals surface area contributed by atoms with Gasteiger partial charge in [0.25, 0.3) is 0 Å². The quantitative estimate of drug-likeness (QED) is 0.240. The highest BCUT2D eigenvalue weighted by atomic mass is 35.5. The van der Waals surface area contributed by atoms with Crippen molar-refractivity contribution >= 4 is 28.5 Å². The molecule has 4 aromatic rings. The van der Waals surface area contributed by atoms with E-state index >= 15 is 0 Å². The van der Waals surface area contributed by atoms with Crippen LogP contribution in [0.1, 0.15) is 21.5 Å². The third-order valence-corrected chi connectivity index (χ3v) is 5.10. The first-order chi connectivity index (χ1) is 13.9. The lowest BCUT2D eigenvalue weighted by Crippen LogP contribution is -2.10. The Morgan fingerprint density at radius 1 is 0.966 bits per heavy atom. The highest BCUT2D eigenvalue weighted by Gasteiger charge is 2.16. The van der Waals surface area contributed by atoms with Crippen molar-refractivity contribution in [2.45, 2.75) is 13.8 Å². The van der Waals surface area contributed by atoms with Gasteiger partial charge < -0.3 is 9.15 Å². The topological polar surface area (TPSA) is 56.5 Å². The first kappa shape index (κ1) is 19.0. The highest BCUT2D eigenvalue weighted by Crippen LogP contribution is 2.30. The number of hydrogen-bond acceptors (Lipinski definition) is 4. The average Bonchev–Trinajstić information content (AvgIpc) is 2.70. The molecule has 0 aliphatic carbocycles. The van der Waals surface area contributed by atoms with Crippen LogP contribution in [0.3, 0.4) is 0 Å². The summed E-state index contributed by atoms with van der Waals surface area (Å²) in [5.74, 6) is -0.0554. The van der Waals surface area contributed by atoms with Crippen molar-refractivity contribution in [2.75, 3.05) is 0 Å². The number of rotatable bonds is 3. The molecule has 0 atom stereocenters. The first-order valence-corrected chi connectivity index (χ1v) is 9.43. The molecule has 0 unspecified atom stereocenters. The number of halogens is 1. The van der Waals surface area contributed by atoms with Gasteiger partial charge in [-0.25, -0.2) is 9.59 Å². The van der Waals surface area contributed by atoms with Crippen LogP contribution in [0.15, 0.2) is 75.9 Å². The molecule has 1 heterocycles. The van der Waals surface area contributed by atoms with Crippen molar-refractivity contribution in [2.24, 2.45) is 0 Å². The second-order valence-corrected chi connectivity index (χ2v) is 7.20. The Balaban J connectivity index is 1.77. The predicted molar refractivity (Wildman–Crippen MR) is 114 cm³/mol. The molecular formula is C24H17ClO4. The van der Waals surface area contributed by atoms with E-state index in [0.717, 1.165) is 11.1 Å². The van der Waals surface area contributed by atoms with E-state index in [9.17, 15) is 9.59 Å². The summed E-state index contributed by atoms with van der Waals surface area (Å²) in [4.78, 5) is 25.1. The summed E-state index contributed by atoms with van der Waals surface area (Å²) in [7, 11) is 0. The molecule has 0 N–H and O–H groups in total. The summed E-state index contributed by atoms with van der Waals surface area (Å²) < 4.78 is 11.1. The Kier molecular flexibility index (Phi) is 4.95. The van der Waals surface area contributed by atoms with Crippen LogP contribution in [0.4, 0.5) is 0 Å². The highest BCUT2D eigenvalue weighted by molar-refractivity contribution is 6.30. The zero-order chi connectivity index (χ0) is 20.5. The molecule has 0 amide bonds. The van der Waals surface area contributed by atoms with Crippen molar-refractivity contribution in [3.8, 4) is 16.9 Å². The van der Waals surface area contributed by atoms with E-state index in [0.29, 0.717) is 38.4 Å². The lowest BCUT2D eigenvalue weighted by atomic mass is 9.99. The van der Waals surface area contributed by atoms with Crippen LogP contribution in [0.5, 0.6) is 5.75 Å². The summed E-state index contributed by atoms with van der Waals surface area (Å²) >= 11 is 5.95. The van der Waals surface area contributed by atoms with E-state index < -0.39 is 11.6 Å². The minimum Gasteiger partial charge on any atom is -0.423 e. The number of aryl methyl sites for hydroxylation is 2. The summed E-state index contributed by atoms with van der Waals surface area (Å²) in [6.45, 7) is 3.70. The summed E-state index contributed by atoms with van der Waals surface area (Å²) in [6.07, 6.45) is 0. The molecule has 0 bridgehead atoms. The van der Waals surface area contributed by atoms with Crippen molar-refractivity contribution in [3.63, 3.8) is 0 Å². The molecule has 0 spiro atoms. The molecule has 0 radical (unpaired) electrons. The molecule has 0 saturated heterocycles. The Bertz CT molecular complexity index is 1290. The Morgan fingerprint density at radius 2 is 1.69 bits per heavy atom. The normalized spacial score (nSPS) is 10.9. The summed E-state index contributed by atoms with van der Waals surface area (Å²) in [5.41, 5.74) is 3.26. The monoisotopic (exact) mass is 404 g/mol. The lowest BCUT2D eigenvalue weighted by molar-refractivity contribution is 0.0734. The van der Waals surface area contributed by atoms with E-state index in [1.54, 1.807) is 54.6 Å². The summed E-state index contributed by atoms with van der Waals surface area (Å²) in [6, 6.07) is 19.2. The molecule has 0 aliphatic rings. The molecule has 29 heavy (non-hydrogen) atoms. The molecule has 0 saturated carbocycles. The molecule has 144 valence electrons. The molecule has 5 heteroatoms. The van der Waals surface area contributed by atoms with Crippen molar-refractivity contribution < 1.29 is 13.9 Å². The lowest BCUT2D eigenvalue weighted by Gasteiger charge is -2.10. The number of benzene rings is 3. The van der Waals surface area contributed by atoms with Gasteiger partial charge in [0.1, 0.15) is 11.3 Å². The maximum atomic E-state index is 12.5. The minimum absolute atomic E-state index is 0.379. The van der Waals surface area contributed by atoms with Crippen molar-refractivity contribution in [1.82, 2.24) is 0 Å². The standard InChI is InChI=1S/C24H17ClO4/c1-14-5-3-4-6-19(14)23(26)28-18-11-12-21-20(13-18)15(2)22(24(27)29-21)16-7-9-17(25)10-8-16/h3-13H,1-2H3. The maximum absolute atomic E-state index is 12.5. The van der Waals surface area contributed by atoms with E-state index in [2.05, 4.69) is 0 Å². The van der Waals surface area contributed by atoms with Crippen LogP contribution in [0.2, 0.25) is 5.02 Å². The zero-order valence-corrected chi connectivity index (χ0v) is 16.6. The van der Waals surface area contributed by atoms with Gasteiger partial charge in [-0.15, -0.1) is 0 Å². The minimum atomic E-state index is -0.435. The van der Waals surface area contributed by atoms with Crippen molar-refractivity contribution in [1.29, 1.82) is 0 Å². The van der Waals surface area contributed by atoms with Gasteiger partial charge in [0, 0.05) is 10.4 Å². The van der Waals surface area contributed by atoms with Crippen LogP contribution in [0, 0.1) is 13.8 Å². The predicted octanol–water partition coefficient (Wildman–Crippen LogP) is 5.95. The smallest absolute Gasteiger partial charge is 0.344 e. The molecule has 0 fully saturated rings. The van der Waals surface area contributed by atoms with Gasteiger partial charge in [0.15, 0.2) is 0 Å². The van der Waals surface area contributed by atoms with Gasteiger partial charge in [0.05, 0.1) is 11.1 Å². The van der Waals surface area contributed by atoms with Crippen molar-refractivity contribution in [3.05, 3.63) is 98.9 Å². The molecule has 0 aliphatic heterocycles. The van der Waals surface area contributed by atoms with Gasteiger partial charge >= 0.3 is 11.6 Å². The molecular weight excluding hydrogens is 388 g/mol. The second kappa shape index (κ2) is 7.57. The number of carbonyl (C=O) groups is 1. The number of ether oxygens (including phenoxy) is 1. The third kappa shape index (κ3) is 3.67. The molecule has 4 rings (SSSR count). The van der Waals surface area contributed by atoms with Crippen LogP contribution in [-0.2, 0) is 0 Å². The second-order valence-electron chi connectivity index (χ2n) is 6.76. The van der Waals surface area contributed by atoms with Gasteiger partial charge in [-0.2, -0.15) is 0 Å². The SMILES string of the molecule is Cc1ccccc1C(=O)Oc1ccc2oc(=O)c(-c3ccc(Cl)cc3)c(C)c2c1. The van der Waals surface area contributed by atoms with E-state index in [4.69, 9.17) is 20.8 Å². The Morgan fingerprint density at radius 3 is 2.41 bits per heavy atom. The van der Waals surface area contributed by atoms with Crippen LogP contribution in [-0.4, -0.2) is 5.97 Å².